The Balaban J connectivity index is 1.77. The highest BCUT2D eigenvalue weighted by Crippen LogP contribution is 2.20. The van der Waals surface area contributed by atoms with Gasteiger partial charge in [0.25, 0.3) is 0 Å². The Morgan fingerprint density at radius 2 is 1.74 bits per heavy atom. The maximum atomic E-state index is 5.55. The first-order valence-electron chi connectivity index (χ1n) is 8.38. The zero-order chi connectivity index (χ0) is 16.1. The van der Waals surface area contributed by atoms with Crippen LogP contribution in [-0.4, -0.2) is 20.2 Å². The fraction of sp³-hybridized carbons (Fsp3) is 0.350. The highest BCUT2D eigenvalue weighted by atomic mass is 16.5. The Bertz CT molecular complexity index is 671. The van der Waals surface area contributed by atoms with Crippen molar-refractivity contribution in [1.29, 1.82) is 0 Å². The summed E-state index contributed by atoms with van der Waals surface area (Å²) < 4.78 is 7.59. The smallest absolute Gasteiger partial charge is 0.169 e. The largest absolute Gasteiger partial charge is 0.496 e. The molecule has 120 valence electrons. The molecule has 1 N–H and O–H groups in total. The number of quaternary nitrogens is 1. The molecular formula is C20H26N2O+2. The van der Waals surface area contributed by atoms with E-state index in [1.54, 1.807) is 12.0 Å². The summed E-state index contributed by atoms with van der Waals surface area (Å²) in [6.07, 6.45) is 11.2. The Morgan fingerprint density at radius 1 is 1.04 bits per heavy atom. The van der Waals surface area contributed by atoms with E-state index >= 15 is 0 Å². The molecule has 0 radical (unpaired) electrons. The van der Waals surface area contributed by atoms with Crippen LogP contribution in [0.4, 0.5) is 0 Å². The van der Waals surface area contributed by atoms with Gasteiger partial charge in [0.2, 0.25) is 0 Å². The molecule has 0 bridgehead atoms. The van der Waals surface area contributed by atoms with E-state index in [0.29, 0.717) is 0 Å². The van der Waals surface area contributed by atoms with Gasteiger partial charge < -0.3 is 9.64 Å². The second kappa shape index (κ2) is 7.42. The Labute approximate surface area is 138 Å². The summed E-state index contributed by atoms with van der Waals surface area (Å²) in [6, 6.07) is 10.7. The van der Waals surface area contributed by atoms with E-state index in [9.17, 15) is 0 Å². The summed E-state index contributed by atoms with van der Waals surface area (Å²) in [4.78, 5) is 1.67. The van der Waals surface area contributed by atoms with Crippen molar-refractivity contribution >= 4 is 12.2 Å². The molecule has 1 fully saturated rings. The molecular weight excluding hydrogens is 284 g/mol. The molecule has 0 amide bonds. The van der Waals surface area contributed by atoms with E-state index in [1.807, 2.05) is 11.6 Å². The maximum Gasteiger partial charge on any atom is 0.169 e. The number of benzene rings is 1. The predicted molar refractivity (Wildman–Crippen MR) is 93.2 cm³/mol. The lowest BCUT2D eigenvalue weighted by molar-refractivity contribution is -0.901. The second-order valence-electron chi connectivity index (χ2n) is 6.34. The summed E-state index contributed by atoms with van der Waals surface area (Å²) in [7, 11) is 3.79. The highest BCUT2D eigenvalue weighted by molar-refractivity contribution is 5.70. The fourth-order valence-corrected chi connectivity index (χ4v) is 3.18. The number of rotatable bonds is 5. The predicted octanol–water partition coefficient (Wildman–Crippen LogP) is 1.87. The third kappa shape index (κ3) is 4.20. The van der Waals surface area contributed by atoms with Crippen molar-refractivity contribution in [3.8, 4) is 5.75 Å². The topological polar surface area (TPSA) is 17.6 Å². The molecule has 3 heteroatoms. The van der Waals surface area contributed by atoms with Crippen LogP contribution in [0.2, 0.25) is 0 Å². The number of pyridine rings is 1. The van der Waals surface area contributed by atoms with Gasteiger partial charge >= 0.3 is 0 Å². The third-order valence-corrected chi connectivity index (χ3v) is 4.53. The normalized spacial score (nSPS) is 15.4. The lowest BCUT2D eigenvalue weighted by Gasteiger charge is -2.15. The fourth-order valence-electron chi connectivity index (χ4n) is 3.18. The summed E-state index contributed by atoms with van der Waals surface area (Å²) in [5.74, 6) is 1.01. The van der Waals surface area contributed by atoms with Gasteiger partial charge in [0, 0.05) is 30.5 Å². The summed E-state index contributed by atoms with van der Waals surface area (Å²) in [5, 5.41) is 0. The quantitative estimate of drug-likeness (QED) is 0.835. The molecule has 1 aliphatic rings. The molecule has 3 nitrogen and oxygen atoms in total. The standard InChI is InChI=1S/C20H25N2O/c1-21-13-9-17(10-14-21)5-6-18-7-8-20(23-2)19(15-18)16-22-11-3-4-12-22/h5-10,13-15H,3-4,11-12,16H2,1-2H3/q+1/p+1/b6-5+. The van der Waals surface area contributed by atoms with Crippen LogP contribution in [0.5, 0.6) is 5.75 Å². The van der Waals surface area contributed by atoms with E-state index in [0.717, 1.165) is 12.3 Å². The van der Waals surface area contributed by atoms with E-state index in [1.165, 1.54) is 42.6 Å². The molecule has 1 aliphatic heterocycles. The number of aromatic nitrogens is 1. The van der Waals surface area contributed by atoms with Gasteiger partial charge in [-0.15, -0.1) is 0 Å². The van der Waals surface area contributed by atoms with Gasteiger partial charge in [-0.1, -0.05) is 18.2 Å². The monoisotopic (exact) mass is 310 g/mol. The molecule has 0 atom stereocenters. The maximum absolute atomic E-state index is 5.55. The van der Waals surface area contributed by atoms with Gasteiger partial charge in [-0.3, -0.25) is 0 Å². The number of nitrogens with zero attached hydrogens (tertiary/aromatic N) is 1. The molecule has 23 heavy (non-hydrogen) atoms. The first-order valence-corrected chi connectivity index (χ1v) is 8.38. The van der Waals surface area contributed by atoms with Crippen molar-refractivity contribution in [2.24, 2.45) is 7.05 Å². The van der Waals surface area contributed by atoms with Crippen LogP contribution in [0, 0.1) is 0 Å². The lowest BCUT2D eigenvalue weighted by atomic mass is 10.1. The number of hydrogen-bond acceptors (Lipinski definition) is 1. The number of likely N-dealkylation sites (tertiary alicyclic amines) is 1. The van der Waals surface area contributed by atoms with Gasteiger partial charge in [-0.25, -0.2) is 4.57 Å². The molecule has 2 heterocycles. The van der Waals surface area contributed by atoms with E-state index in [4.69, 9.17) is 4.74 Å². The van der Waals surface area contributed by atoms with Crippen LogP contribution in [0.3, 0.4) is 0 Å². The van der Waals surface area contributed by atoms with E-state index < -0.39 is 0 Å². The molecule has 2 aromatic rings. The molecule has 0 aliphatic carbocycles. The van der Waals surface area contributed by atoms with E-state index in [-0.39, 0.29) is 0 Å². The lowest BCUT2D eigenvalue weighted by Crippen LogP contribution is -3.08. The van der Waals surface area contributed by atoms with Crippen LogP contribution >= 0.6 is 0 Å². The van der Waals surface area contributed by atoms with Crippen LogP contribution < -0.4 is 14.2 Å². The molecule has 3 rings (SSSR count). The first kappa shape index (κ1) is 15.8. The summed E-state index contributed by atoms with van der Waals surface area (Å²) in [6.45, 7) is 3.63. The molecule has 0 saturated carbocycles. The van der Waals surface area contributed by atoms with Crippen molar-refractivity contribution in [3.63, 3.8) is 0 Å². The third-order valence-electron chi connectivity index (χ3n) is 4.53. The number of nitrogens with one attached hydrogen (secondary N) is 1. The van der Waals surface area contributed by atoms with Crippen LogP contribution in [0.25, 0.3) is 12.2 Å². The number of methoxy groups -OCH3 is 1. The molecule has 1 saturated heterocycles. The van der Waals surface area contributed by atoms with Crippen molar-refractivity contribution in [2.45, 2.75) is 19.4 Å². The van der Waals surface area contributed by atoms with Crippen molar-refractivity contribution in [1.82, 2.24) is 0 Å². The van der Waals surface area contributed by atoms with Gasteiger partial charge in [-0.2, -0.15) is 0 Å². The van der Waals surface area contributed by atoms with Crippen molar-refractivity contribution < 1.29 is 14.2 Å². The molecule has 1 aromatic carbocycles. The first-order chi connectivity index (χ1) is 11.2. The minimum absolute atomic E-state index is 1.01. The van der Waals surface area contributed by atoms with Crippen molar-refractivity contribution in [3.05, 3.63) is 59.4 Å². The molecule has 0 unspecified atom stereocenters. The Morgan fingerprint density at radius 3 is 2.43 bits per heavy atom. The average Bonchev–Trinajstić information content (AvgIpc) is 3.07. The Kier molecular flexibility index (Phi) is 5.09. The van der Waals surface area contributed by atoms with Gasteiger partial charge in [0.1, 0.15) is 19.3 Å². The van der Waals surface area contributed by atoms with Crippen LogP contribution in [0.15, 0.2) is 42.7 Å². The highest BCUT2D eigenvalue weighted by Gasteiger charge is 2.17. The summed E-state index contributed by atoms with van der Waals surface area (Å²) in [5.41, 5.74) is 3.75. The van der Waals surface area contributed by atoms with Crippen LogP contribution in [-0.2, 0) is 13.6 Å². The molecule has 0 spiro atoms. The average molecular weight is 310 g/mol. The van der Waals surface area contributed by atoms with Crippen LogP contribution in [0.1, 0.15) is 29.5 Å². The zero-order valence-corrected chi connectivity index (χ0v) is 14.1. The number of aryl methyl sites for hydroxylation is 1. The van der Waals surface area contributed by atoms with Gasteiger partial charge in [0.05, 0.1) is 20.2 Å². The van der Waals surface area contributed by atoms with Gasteiger partial charge in [0.15, 0.2) is 12.4 Å². The minimum atomic E-state index is 1.01. The summed E-state index contributed by atoms with van der Waals surface area (Å²) >= 11 is 0. The van der Waals surface area contributed by atoms with Crippen molar-refractivity contribution in [2.75, 3.05) is 20.2 Å². The number of ether oxygens (including phenoxy) is 1. The second-order valence-corrected chi connectivity index (χ2v) is 6.34. The minimum Gasteiger partial charge on any atom is -0.496 e. The molecule has 1 aromatic heterocycles. The number of hydrogen-bond donors (Lipinski definition) is 1. The Hall–Kier alpha value is -2.13. The van der Waals surface area contributed by atoms with Gasteiger partial charge in [-0.05, 0) is 23.3 Å². The zero-order valence-electron chi connectivity index (χ0n) is 14.1. The SMILES string of the molecule is COc1ccc(/C=C/c2cc[n+](C)cc2)cc1C[NH+]1CCCC1. The van der Waals surface area contributed by atoms with E-state index in [2.05, 4.69) is 54.9 Å².